The second-order valence-electron chi connectivity index (χ2n) is 8.72. The fourth-order valence-corrected chi connectivity index (χ4v) is 4.60. The van der Waals surface area contributed by atoms with E-state index in [-0.39, 0.29) is 5.91 Å². The Morgan fingerprint density at radius 1 is 1.07 bits per heavy atom. The van der Waals surface area contributed by atoms with Crippen LogP contribution in [0.15, 0.2) is 54.7 Å². The standard InChI is InChI=1S/C26H32N2O/c1-19-11-13-21(14-12-19)17-28-18-22(23-8-4-6-10-25(23)28)15-16-26(29)27-24-9-5-3-7-20(24)2/h4,6,8,10-14,18,20,24H,3,5,7,9,15-17H2,1-2H3,(H,27,29). The zero-order valence-electron chi connectivity index (χ0n) is 17.7. The van der Waals surface area contributed by atoms with Crippen LogP contribution in [-0.2, 0) is 17.8 Å². The molecule has 29 heavy (non-hydrogen) atoms. The van der Waals surface area contributed by atoms with E-state index in [1.807, 2.05) is 0 Å². The van der Waals surface area contributed by atoms with Gasteiger partial charge in [0.1, 0.15) is 0 Å². The number of carbonyl (C=O) groups excluding carboxylic acids is 1. The molecule has 152 valence electrons. The Morgan fingerprint density at radius 2 is 1.83 bits per heavy atom. The van der Waals surface area contributed by atoms with Gasteiger partial charge in [-0.3, -0.25) is 4.79 Å². The molecule has 1 aliphatic rings. The first kappa shape index (κ1) is 19.8. The van der Waals surface area contributed by atoms with Crippen molar-refractivity contribution < 1.29 is 4.79 Å². The number of hydrogen-bond donors (Lipinski definition) is 1. The van der Waals surface area contributed by atoms with Crippen LogP contribution in [0.1, 0.15) is 55.7 Å². The number of fused-ring (bicyclic) bond motifs is 1. The highest BCUT2D eigenvalue weighted by Crippen LogP contribution is 2.25. The van der Waals surface area contributed by atoms with Gasteiger partial charge in [-0.2, -0.15) is 0 Å². The van der Waals surface area contributed by atoms with E-state index < -0.39 is 0 Å². The quantitative estimate of drug-likeness (QED) is 0.584. The Morgan fingerprint density at radius 3 is 2.62 bits per heavy atom. The van der Waals surface area contributed by atoms with E-state index in [9.17, 15) is 4.79 Å². The third kappa shape index (κ3) is 4.72. The average molecular weight is 389 g/mol. The second-order valence-corrected chi connectivity index (χ2v) is 8.72. The fourth-order valence-electron chi connectivity index (χ4n) is 4.60. The highest BCUT2D eigenvalue weighted by atomic mass is 16.1. The molecule has 3 nitrogen and oxygen atoms in total. The smallest absolute Gasteiger partial charge is 0.220 e. The number of rotatable bonds is 6. The fraction of sp³-hybridized carbons (Fsp3) is 0.423. The lowest BCUT2D eigenvalue weighted by molar-refractivity contribution is -0.122. The van der Waals surface area contributed by atoms with Crippen LogP contribution in [0.4, 0.5) is 0 Å². The third-order valence-electron chi connectivity index (χ3n) is 6.42. The first-order valence-corrected chi connectivity index (χ1v) is 11.0. The molecule has 0 saturated heterocycles. The molecule has 3 aromatic rings. The highest BCUT2D eigenvalue weighted by Gasteiger charge is 2.22. The molecule has 1 aliphatic carbocycles. The van der Waals surface area contributed by atoms with Crippen LogP contribution in [0.2, 0.25) is 0 Å². The summed E-state index contributed by atoms with van der Waals surface area (Å²) in [6.45, 7) is 5.24. The molecule has 4 rings (SSSR count). The first-order valence-electron chi connectivity index (χ1n) is 11.0. The first-order chi connectivity index (χ1) is 14.1. The Labute approximate surface area is 174 Å². The molecule has 3 heteroatoms. The zero-order valence-corrected chi connectivity index (χ0v) is 17.7. The van der Waals surface area contributed by atoms with Crippen molar-refractivity contribution in [2.75, 3.05) is 0 Å². The number of aromatic nitrogens is 1. The van der Waals surface area contributed by atoms with Gasteiger partial charge in [0.25, 0.3) is 0 Å². The van der Waals surface area contributed by atoms with Crippen LogP contribution >= 0.6 is 0 Å². The molecular weight excluding hydrogens is 356 g/mol. The van der Waals surface area contributed by atoms with Gasteiger partial charge in [0, 0.05) is 36.1 Å². The Bertz CT molecular complexity index is 970. The van der Waals surface area contributed by atoms with E-state index >= 15 is 0 Å². The summed E-state index contributed by atoms with van der Waals surface area (Å²) in [6, 6.07) is 17.6. The highest BCUT2D eigenvalue weighted by molar-refractivity contribution is 5.85. The predicted molar refractivity (Wildman–Crippen MR) is 120 cm³/mol. The number of benzene rings is 2. The van der Waals surface area contributed by atoms with E-state index in [0.29, 0.717) is 18.4 Å². The largest absolute Gasteiger partial charge is 0.353 e. The van der Waals surface area contributed by atoms with Crippen LogP contribution in [-0.4, -0.2) is 16.5 Å². The van der Waals surface area contributed by atoms with Gasteiger partial charge >= 0.3 is 0 Å². The van der Waals surface area contributed by atoms with Gasteiger partial charge in [0.15, 0.2) is 0 Å². The summed E-state index contributed by atoms with van der Waals surface area (Å²) in [7, 11) is 0. The van der Waals surface area contributed by atoms with Crippen molar-refractivity contribution in [2.24, 2.45) is 5.92 Å². The molecule has 1 fully saturated rings. The molecule has 1 amide bonds. The lowest BCUT2D eigenvalue weighted by Gasteiger charge is -2.29. The number of nitrogens with one attached hydrogen (secondary N) is 1. The van der Waals surface area contributed by atoms with Gasteiger partial charge in [-0.05, 0) is 49.3 Å². The number of aryl methyl sites for hydroxylation is 2. The van der Waals surface area contributed by atoms with E-state index in [4.69, 9.17) is 0 Å². The molecule has 0 spiro atoms. The SMILES string of the molecule is Cc1ccc(Cn2cc(CCC(=O)NC3CCCCC3C)c3ccccc32)cc1. The summed E-state index contributed by atoms with van der Waals surface area (Å²) in [5.74, 6) is 0.795. The minimum Gasteiger partial charge on any atom is -0.353 e. The van der Waals surface area contributed by atoms with Gasteiger partial charge in [-0.25, -0.2) is 0 Å². The molecule has 2 atom stereocenters. The summed E-state index contributed by atoms with van der Waals surface area (Å²) in [4.78, 5) is 12.6. The number of para-hydroxylation sites is 1. The summed E-state index contributed by atoms with van der Waals surface area (Å²) in [5.41, 5.74) is 5.08. The van der Waals surface area contributed by atoms with Crippen molar-refractivity contribution >= 4 is 16.8 Å². The van der Waals surface area contributed by atoms with Crippen LogP contribution in [0.5, 0.6) is 0 Å². The maximum absolute atomic E-state index is 12.6. The van der Waals surface area contributed by atoms with E-state index in [1.165, 1.54) is 46.9 Å². The molecule has 2 aromatic carbocycles. The molecule has 2 unspecified atom stereocenters. The van der Waals surface area contributed by atoms with E-state index in [2.05, 4.69) is 78.5 Å². The van der Waals surface area contributed by atoms with Crippen LogP contribution in [0.3, 0.4) is 0 Å². The normalized spacial score (nSPS) is 19.4. The minimum atomic E-state index is 0.194. The molecule has 0 radical (unpaired) electrons. The van der Waals surface area contributed by atoms with Crippen LogP contribution in [0, 0.1) is 12.8 Å². The zero-order chi connectivity index (χ0) is 20.2. The predicted octanol–water partition coefficient (Wildman–Crippen LogP) is 5.63. The van der Waals surface area contributed by atoms with Crippen LogP contribution in [0.25, 0.3) is 10.9 Å². The molecule has 0 bridgehead atoms. The topological polar surface area (TPSA) is 34.0 Å². The summed E-state index contributed by atoms with van der Waals surface area (Å²) < 4.78 is 2.32. The van der Waals surface area contributed by atoms with E-state index in [0.717, 1.165) is 19.4 Å². The average Bonchev–Trinajstić information content (AvgIpc) is 3.08. The molecule has 1 saturated carbocycles. The summed E-state index contributed by atoms with van der Waals surface area (Å²) in [6.07, 6.45) is 8.48. The summed E-state index contributed by atoms with van der Waals surface area (Å²) in [5, 5.41) is 4.56. The van der Waals surface area contributed by atoms with Gasteiger partial charge in [0.2, 0.25) is 5.91 Å². The molecular formula is C26H32N2O. The van der Waals surface area contributed by atoms with Crippen molar-refractivity contribution in [1.82, 2.24) is 9.88 Å². The van der Waals surface area contributed by atoms with Crippen molar-refractivity contribution in [3.8, 4) is 0 Å². The van der Waals surface area contributed by atoms with Crippen molar-refractivity contribution in [3.63, 3.8) is 0 Å². The Hall–Kier alpha value is -2.55. The summed E-state index contributed by atoms with van der Waals surface area (Å²) >= 11 is 0. The lowest BCUT2D eigenvalue weighted by Crippen LogP contribution is -2.41. The molecule has 1 N–H and O–H groups in total. The number of hydrogen-bond acceptors (Lipinski definition) is 1. The van der Waals surface area contributed by atoms with Gasteiger partial charge < -0.3 is 9.88 Å². The van der Waals surface area contributed by atoms with Gasteiger partial charge in [-0.1, -0.05) is 67.8 Å². The van der Waals surface area contributed by atoms with Crippen molar-refractivity contribution in [3.05, 3.63) is 71.4 Å². The van der Waals surface area contributed by atoms with Crippen molar-refractivity contribution in [1.29, 1.82) is 0 Å². The monoisotopic (exact) mass is 388 g/mol. The second kappa shape index (κ2) is 8.86. The number of nitrogens with zero attached hydrogens (tertiary/aromatic N) is 1. The molecule has 1 heterocycles. The Balaban J connectivity index is 1.46. The minimum absolute atomic E-state index is 0.194. The van der Waals surface area contributed by atoms with E-state index in [1.54, 1.807) is 0 Å². The van der Waals surface area contributed by atoms with Crippen LogP contribution < -0.4 is 5.32 Å². The molecule has 0 aliphatic heterocycles. The maximum Gasteiger partial charge on any atom is 0.220 e. The maximum atomic E-state index is 12.6. The van der Waals surface area contributed by atoms with Crippen molar-refractivity contribution in [2.45, 2.75) is 65.0 Å². The number of amides is 1. The van der Waals surface area contributed by atoms with Gasteiger partial charge in [0.05, 0.1) is 0 Å². The molecule has 1 aromatic heterocycles. The lowest BCUT2D eigenvalue weighted by atomic mass is 9.86. The Kier molecular flexibility index (Phi) is 6.03. The third-order valence-corrected chi connectivity index (χ3v) is 6.42. The number of carbonyl (C=O) groups is 1. The van der Waals surface area contributed by atoms with Gasteiger partial charge in [-0.15, -0.1) is 0 Å².